The number of aromatic nitrogens is 2. The van der Waals surface area contributed by atoms with Crippen LogP contribution >= 0.6 is 0 Å². The predicted octanol–water partition coefficient (Wildman–Crippen LogP) is 1.42. The Morgan fingerprint density at radius 3 is 3.17 bits per heavy atom. The van der Waals surface area contributed by atoms with Crippen LogP contribution in [0.4, 0.5) is 0 Å². The van der Waals surface area contributed by atoms with Gasteiger partial charge in [0.25, 0.3) is 0 Å². The van der Waals surface area contributed by atoms with Crippen molar-refractivity contribution in [1.29, 1.82) is 0 Å². The SMILES string of the molecule is O=Cc1cnn2c1CCCCC2. The van der Waals surface area contributed by atoms with E-state index in [2.05, 4.69) is 5.10 Å². The third-order valence-corrected chi connectivity index (χ3v) is 2.39. The average Bonchev–Trinajstić information content (AvgIpc) is 2.33. The van der Waals surface area contributed by atoms with Crippen molar-refractivity contribution in [3.05, 3.63) is 17.5 Å². The van der Waals surface area contributed by atoms with E-state index in [1.807, 2.05) is 4.68 Å². The molecule has 0 aromatic carbocycles. The maximum Gasteiger partial charge on any atom is 0.153 e. The van der Waals surface area contributed by atoms with Gasteiger partial charge >= 0.3 is 0 Å². The molecule has 12 heavy (non-hydrogen) atoms. The Bertz CT molecular complexity index is 291. The summed E-state index contributed by atoms with van der Waals surface area (Å²) < 4.78 is 1.97. The van der Waals surface area contributed by atoms with Crippen LogP contribution in [0.2, 0.25) is 0 Å². The highest BCUT2D eigenvalue weighted by Crippen LogP contribution is 2.16. The quantitative estimate of drug-likeness (QED) is 0.588. The van der Waals surface area contributed by atoms with Crippen LogP contribution in [-0.2, 0) is 13.0 Å². The van der Waals surface area contributed by atoms with Gasteiger partial charge in [0, 0.05) is 12.2 Å². The minimum Gasteiger partial charge on any atom is -0.298 e. The Hall–Kier alpha value is -1.12. The summed E-state index contributed by atoms with van der Waals surface area (Å²) in [6.07, 6.45) is 7.22. The highest BCUT2D eigenvalue weighted by Gasteiger charge is 2.12. The van der Waals surface area contributed by atoms with E-state index in [1.165, 1.54) is 19.3 Å². The molecule has 3 heteroatoms. The summed E-state index contributed by atoms with van der Waals surface area (Å²) in [6, 6.07) is 0. The van der Waals surface area contributed by atoms with E-state index in [0.717, 1.165) is 30.5 Å². The summed E-state index contributed by atoms with van der Waals surface area (Å²) >= 11 is 0. The van der Waals surface area contributed by atoms with Crippen molar-refractivity contribution < 1.29 is 4.79 Å². The molecule has 2 rings (SSSR count). The number of hydrogen-bond acceptors (Lipinski definition) is 2. The standard InChI is InChI=1S/C9H12N2O/c12-7-8-6-10-11-5-3-1-2-4-9(8)11/h6-7H,1-5H2. The molecule has 1 aliphatic rings. The molecule has 1 aliphatic heterocycles. The number of rotatable bonds is 1. The summed E-state index contributed by atoms with van der Waals surface area (Å²) in [5, 5.41) is 4.17. The van der Waals surface area contributed by atoms with Crippen LogP contribution in [0.15, 0.2) is 6.20 Å². The molecular weight excluding hydrogens is 152 g/mol. The zero-order valence-corrected chi connectivity index (χ0v) is 6.99. The molecule has 0 unspecified atom stereocenters. The normalized spacial score (nSPS) is 16.7. The molecule has 64 valence electrons. The largest absolute Gasteiger partial charge is 0.298 e. The third kappa shape index (κ3) is 1.15. The lowest BCUT2D eigenvalue weighted by atomic mass is 10.1. The van der Waals surface area contributed by atoms with Crippen molar-refractivity contribution in [3.63, 3.8) is 0 Å². The van der Waals surface area contributed by atoms with Crippen LogP contribution in [0.1, 0.15) is 35.3 Å². The van der Waals surface area contributed by atoms with Gasteiger partial charge in [0.1, 0.15) is 0 Å². The van der Waals surface area contributed by atoms with Gasteiger partial charge in [-0.25, -0.2) is 0 Å². The van der Waals surface area contributed by atoms with Gasteiger partial charge < -0.3 is 0 Å². The van der Waals surface area contributed by atoms with Crippen molar-refractivity contribution in [1.82, 2.24) is 9.78 Å². The first-order chi connectivity index (χ1) is 5.92. The van der Waals surface area contributed by atoms with Crippen LogP contribution in [0, 0.1) is 0 Å². The van der Waals surface area contributed by atoms with E-state index in [9.17, 15) is 4.79 Å². The van der Waals surface area contributed by atoms with Crippen LogP contribution in [0.25, 0.3) is 0 Å². The molecule has 0 aliphatic carbocycles. The zero-order chi connectivity index (χ0) is 8.39. The van der Waals surface area contributed by atoms with Gasteiger partial charge in [0.05, 0.1) is 11.8 Å². The van der Waals surface area contributed by atoms with Crippen molar-refractivity contribution in [2.75, 3.05) is 0 Å². The molecule has 0 atom stereocenters. The fraction of sp³-hybridized carbons (Fsp3) is 0.556. The Morgan fingerprint density at radius 1 is 1.42 bits per heavy atom. The number of carbonyl (C=O) groups excluding carboxylic acids is 1. The summed E-state index contributed by atoms with van der Waals surface area (Å²) in [7, 11) is 0. The van der Waals surface area contributed by atoms with E-state index in [4.69, 9.17) is 0 Å². The number of aldehydes is 1. The van der Waals surface area contributed by atoms with Crippen LogP contribution < -0.4 is 0 Å². The Morgan fingerprint density at radius 2 is 2.33 bits per heavy atom. The fourth-order valence-corrected chi connectivity index (χ4v) is 1.72. The lowest BCUT2D eigenvalue weighted by molar-refractivity contribution is 0.112. The Kier molecular flexibility index (Phi) is 1.94. The second kappa shape index (κ2) is 3.09. The van der Waals surface area contributed by atoms with Gasteiger partial charge in [-0.1, -0.05) is 6.42 Å². The van der Waals surface area contributed by atoms with E-state index in [-0.39, 0.29) is 0 Å². The van der Waals surface area contributed by atoms with Gasteiger partial charge in [0.2, 0.25) is 0 Å². The summed E-state index contributed by atoms with van der Waals surface area (Å²) in [6.45, 7) is 0.975. The van der Waals surface area contributed by atoms with Crippen LogP contribution in [0.3, 0.4) is 0 Å². The molecule has 2 heterocycles. The molecule has 0 amide bonds. The van der Waals surface area contributed by atoms with Gasteiger partial charge in [-0.2, -0.15) is 5.10 Å². The minimum absolute atomic E-state index is 0.775. The third-order valence-electron chi connectivity index (χ3n) is 2.39. The number of carbonyl (C=O) groups is 1. The monoisotopic (exact) mass is 164 g/mol. The fourth-order valence-electron chi connectivity index (χ4n) is 1.72. The first kappa shape index (κ1) is 7.53. The molecule has 0 spiro atoms. The van der Waals surface area contributed by atoms with Gasteiger partial charge in [0.15, 0.2) is 6.29 Å². The predicted molar refractivity (Wildman–Crippen MR) is 45.2 cm³/mol. The Labute approximate surface area is 71.4 Å². The molecular formula is C9H12N2O. The van der Waals surface area contributed by atoms with Gasteiger partial charge in [-0.15, -0.1) is 0 Å². The van der Waals surface area contributed by atoms with E-state index < -0.39 is 0 Å². The molecule has 1 aromatic heterocycles. The topological polar surface area (TPSA) is 34.9 Å². The number of nitrogens with zero attached hydrogens (tertiary/aromatic N) is 2. The molecule has 0 bridgehead atoms. The molecule has 0 saturated carbocycles. The minimum atomic E-state index is 0.775. The van der Waals surface area contributed by atoms with Crippen molar-refractivity contribution in [3.8, 4) is 0 Å². The lowest BCUT2D eigenvalue weighted by Gasteiger charge is -2.00. The van der Waals surface area contributed by atoms with Crippen molar-refractivity contribution in [2.24, 2.45) is 0 Å². The molecule has 0 saturated heterocycles. The highest BCUT2D eigenvalue weighted by molar-refractivity contribution is 5.76. The number of hydrogen-bond donors (Lipinski definition) is 0. The van der Waals surface area contributed by atoms with E-state index in [1.54, 1.807) is 6.20 Å². The van der Waals surface area contributed by atoms with Crippen molar-refractivity contribution >= 4 is 6.29 Å². The van der Waals surface area contributed by atoms with E-state index in [0.29, 0.717) is 0 Å². The van der Waals surface area contributed by atoms with E-state index >= 15 is 0 Å². The first-order valence-electron chi connectivity index (χ1n) is 4.41. The highest BCUT2D eigenvalue weighted by atomic mass is 16.1. The molecule has 0 N–H and O–H groups in total. The average molecular weight is 164 g/mol. The lowest BCUT2D eigenvalue weighted by Crippen LogP contribution is -2.02. The molecule has 0 fully saturated rings. The molecule has 0 radical (unpaired) electrons. The smallest absolute Gasteiger partial charge is 0.153 e. The Balaban J connectivity index is 2.38. The zero-order valence-electron chi connectivity index (χ0n) is 6.99. The van der Waals surface area contributed by atoms with Gasteiger partial charge in [-0.3, -0.25) is 9.48 Å². The van der Waals surface area contributed by atoms with Gasteiger partial charge in [-0.05, 0) is 19.3 Å². The summed E-state index contributed by atoms with van der Waals surface area (Å²) in [4.78, 5) is 10.6. The van der Waals surface area contributed by atoms with Crippen LogP contribution in [0.5, 0.6) is 0 Å². The second-order valence-electron chi connectivity index (χ2n) is 3.20. The van der Waals surface area contributed by atoms with Crippen LogP contribution in [-0.4, -0.2) is 16.1 Å². The first-order valence-corrected chi connectivity index (χ1v) is 4.41. The molecule has 1 aromatic rings. The summed E-state index contributed by atoms with van der Waals surface area (Å²) in [5.74, 6) is 0. The van der Waals surface area contributed by atoms with Crippen molar-refractivity contribution in [2.45, 2.75) is 32.2 Å². The number of fused-ring (bicyclic) bond motifs is 1. The summed E-state index contributed by atoms with van der Waals surface area (Å²) in [5.41, 5.74) is 1.90. The maximum absolute atomic E-state index is 10.6. The maximum atomic E-state index is 10.6. The molecule has 3 nitrogen and oxygen atoms in total. The second-order valence-corrected chi connectivity index (χ2v) is 3.20. The number of aryl methyl sites for hydroxylation is 1.